The van der Waals surface area contributed by atoms with Gasteiger partial charge in [-0.25, -0.2) is 0 Å². The number of hydrogen-bond acceptors (Lipinski definition) is 3. The van der Waals surface area contributed by atoms with E-state index >= 15 is 0 Å². The molecule has 2 unspecified atom stereocenters. The van der Waals surface area contributed by atoms with Crippen molar-refractivity contribution < 1.29 is 9.47 Å². The predicted molar refractivity (Wildman–Crippen MR) is 82.1 cm³/mol. The van der Waals surface area contributed by atoms with Gasteiger partial charge in [0.05, 0.1) is 13.2 Å². The zero-order valence-corrected chi connectivity index (χ0v) is 13.1. The van der Waals surface area contributed by atoms with Crippen LogP contribution in [0.3, 0.4) is 0 Å². The van der Waals surface area contributed by atoms with Gasteiger partial charge in [0, 0.05) is 24.3 Å². The van der Waals surface area contributed by atoms with Crippen LogP contribution in [0.15, 0.2) is 24.3 Å². The molecule has 3 heteroatoms. The summed E-state index contributed by atoms with van der Waals surface area (Å²) in [4.78, 5) is 0. The Morgan fingerprint density at radius 2 is 2.00 bits per heavy atom. The second-order valence-electron chi connectivity index (χ2n) is 6.00. The SMILES string of the molecule is COc1ccccc1[C@H](C)NC1CCOC(C(C)C)C1. The zero-order chi connectivity index (χ0) is 14.5. The Balaban J connectivity index is 1.98. The fourth-order valence-corrected chi connectivity index (χ4v) is 2.91. The second-order valence-corrected chi connectivity index (χ2v) is 6.00. The number of para-hydroxylation sites is 1. The van der Waals surface area contributed by atoms with Crippen LogP contribution in [0.2, 0.25) is 0 Å². The lowest BCUT2D eigenvalue weighted by Gasteiger charge is -2.34. The number of rotatable bonds is 5. The summed E-state index contributed by atoms with van der Waals surface area (Å²) in [6, 6.07) is 9.05. The molecule has 1 heterocycles. The molecule has 112 valence electrons. The average Bonchev–Trinajstić information content (AvgIpc) is 2.47. The molecular weight excluding hydrogens is 250 g/mol. The third kappa shape index (κ3) is 3.74. The lowest BCUT2D eigenvalue weighted by Crippen LogP contribution is -2.41. The fraction of sp³-hybridized carbons (Fsp3) is 0.647. The number of benzene rings is 1. The molecule has 0 bridgehead atoms. The van der Waals surface area contributed by atoms with Gasteiger partial charge in [-0.05, 0) is 31.7 Å². The second kappa shape index (κ2) is 7.09. The van der Waals surface area contributed by atoms with Crippen LogP contribution < -0.4 is 10.1 Å². The highest BCUT2D eigenvalue weighted by Crippen LogP contribution is 2.27. The third-order valence-electron chi connectivity index (χ3n) is 4.15. The van der Waals surface area contributed by atoms with Gasteiger partial charge in [-0.15, -0.1) is 0 Å². The molecule has 0 amide bonds. The minimum absolute atomic E-state index is 0.294. The van der Waals surface area contributed by atoms with Gasteiger partial charge in [-0.2, -0.15) is 0 Å². The Morgan fingerprint density at radius 3 is 2.70 bits per heavy atom. The smallest absolute Gasteiger partial charge is 0.123 e. The number of ether oxygens (including phenoxy) is 2. The van der Waals surface area contributed by atoms with Gasteiger partial charge in [0.1, 0.15) is 5.75 Å². The van der Waals surface area contributed by atoms with Crippen LogP contribution in [-0.4, -0.2) is 25.9 Å². The molecule has 0 saturated carbocycles. The average molecular weight is 277 g/mol. The van der Waals surface area contributed by atoms with E-state index in [1.54, 1.807) is 7.11 Å². The lowest BCUT2D eigenvalue weighted by atomic mass is 9.94. The molecule has 3 atom stereocenters. The van der Waals surface area contributed by atoms with Crippen LogP contribution in [-0.2, 0) is 4.74 Å². The van der Waals surface area contributed by atoms with Crippen LogP contribution >= 0.6 is 0 Å². The van der Waals surface area contributed by atoms with Crippen LogP contribution in [0.25, 0.3) is 0 Å². The molecule has 1 aromatic rings. The van der Waals surface area contributed by atoms with E-state index in [4.69, 9.17) is 9.47 Å². The highest BCUT2D eigenvalue weighted by Gasteiger charge is 2.26. The van der Waals surface area contributed by atoms with Gasteiger partial charge in [0.25, 0.3) is 0 Å². The van der Waals surface area contributed by atoms with Gasteiger partial charge in [-0.1, -0.05) is 32.0 Å². The van der Waals surface area contributed by atoms with Crippen molar-refractivity contribution in [1.29, 1.82) is 0 Å². The summed E-state index contributed by atoms with van der Waals surface area (Å²) in [5.74, 6) is 1.54. The molecule has 3 nitrogen and oxygen atoms in total. The number of hydrogen-bond donors (Lipinski definition) is 1. The van der Waals surface area contributed by atoms with Gasteiger partial charge < -0.3 is 14.8 Å². The van der Waals surface area contributed by atoms with Crippen molar-refractivity contribution in [3.8, 4) is 5.75 Å². The van der Waals surface area contributed by atoms with E-state index in [1.165, 1.54) is 5.56 Å². The summed E-state index contributed by atoms with van der Waals surface area (Å²) < 4.78 is 11.3. The Bertz CT molecular complexity index is 419. The van der Waals surface area contributed by atoms with E-state index in [0.717, 1.165) is 25.2 Å². The topological polar surface area (TPSA) is 30.5 Å². The van der Waals surface area contributed by atoms with Crippen molar-refractivity contribution >= 4 is 0 Å². The fourth-order valence-electron chi connectivity index (χ4n) is 2.91. The first-order valence-corrected chi connectivity index (χ1v) is 7.62. The van der Waals surface area contributed by atoms with E-state index in [9.17, 15) is 0 Å². The van der Waals surface area contributed by atoms with Crippen molar-refractivity contribution in [2.75, 3.05) is 13.7 Å². The molecule has 1 N–H and O–H groups in total. The first-order valence-electron chi connectivity index (χ1n) is 7.62. The van der Waals surface area contributed by atoms with Gasteiger partial charge in [0.2, 0.25) is 0 Å². The van der Waals surface area contributed by atoms with Crippen LogP contribution in [0, 0.1) is 5.92 Å². The first kappa shape index (κ1) is 15.3. The molecular formula is C17H27NO2. The maximum Gasteiger partial charge on any atom is 0.123 e. The van der Waals surface area contributed by atoms with E-state index in [0.29, 0.717) is 24.1 Å². The Hall–Kier alpha value is -1.06. The first-order chi connectivity index (χ1) is 9.61. The maximum absolute atomic E-state index is 5.84. The summed E-state index contributed by atoms with van der Waals surface area (Å²) in [5.41, 5.74) is 1.22. The predicted octanol–water partition coefficient (Wildman–Crippen LogP) is 3.55. The molecule has 0 radical (unpaired) electrons. The molecule has 1 aromatic carbocycles. The van der Waals surface area contributed by atoms with Crippen LogP contribution in [0.1, 0.15) is 45.2 Å². The van der Waals surface area contributed by atoms with Crippen molar-refractivity contribution in [1.82, 2.24) is 5.32 Å². The van der Waals surface area contributed by atoms with Crippen molar-refractivity contribution in [2.24, 2.45) is 5.92 Å². The highest BCUT2D eigenvalue weighted by molar-refractivity contribution is 5.35. The molecule has 1 saturated heterocycles. The summed E-state index contributed by atoms with van der Waals surface area (Å²) in [5, 5.41) is 3.73. The van der Waals surface area contributed by atoms with E-state index in [1.807, 2.05) is 12.1 Å². The van der Waals surface area contributed by atoms with Gasteiger partial charge in [0.15, 0.2) is 0 Å². The van der Waals surface area contributed by atoms with E-state index in [2.05, 4.69) is 38.2 Å². The molecule has 2 rings (SSSR count). The molecule has 0 aromatic heterocycles. The summed E-state index contributed by atoms with van der Waals surface area (Å²) in [7, 11) is 1.73. The highest BCUT2D eigenvalue weighted by atomic mass is 16.5. The Kier molecular flexibility index (Phi) is 5.44. The summed E-state index contributed by atoms with van der Waals surface area (Å²) in [6.07, 6.45) is 2.56. The van der Waals surface area contributed by atoms with Crippen molar-refractivity contribution in [3.05, 3.63) is 29.8 Å². The third-order valence-corrected chi connectivity index (χ3v) is 4.15. The standard InChI is InChI=1S/C17H27NO2/c1-12(2)17-11-14(9-10-20-17)18-13(3)15-7-5-6-8-16(15)19-4/h5-8,12-14,17-18H,9-11H2,1-4H3/t13-,14?,17?/m0/s1. The minimum Gasteiger partial charge on any atom is -0.496 e. The van der Waals surface area contributed by atoms with E-state index < -0.39 is 0 Å². The normalized spacial score (nSPS) is 24.6. The molecule has 20 heavy (non-hydrogen) atoms. The quantitative estimate of drug-likeness (QED) is 0.893. The molecule has 1 aliphatic heterocycles. The lowest BCUT2D eigenvalue weighted by molar-refractivity contribution is -0.0257. The van der Waals surface area contributed by atoms with Crippen molar-refractivity contribution in [3.63, 3.8) is 0 Å². The van der Waals surface area contributed by atoms with Gasteiger partial charge in [-0.3, -0.25) is 0 Å². The number of methoxy groups -OCH3 is 1. The molecule has 1 aliphatic rings. The molecule has 0 spiro atoms. The maximum atomic E-state index is 5.84. The largest absolute Gasteiger partial charge is 0.496 e. The minimum atomic E-state index is 0.294. The van der Waals surface area contributed by atoms with Crippen LogP contribution in [0.5, 0.6) is 5.75 Å². The van der Waals surface area contributed by atoms with Gasteiger partial charge >= 0.3 is 0 Å². The summed E-state index contributed by atoms with van der Waals surface area (Å²) in [6.45, 7) is 7.53. The van der Waals surface area contributed by atoms with Crippen molar-refractivity contribution in [2.45, 2.75) is 51.8 Å². The van der Waals surface area contributed by atoms with E-state index in [-0.39, 0.29) is 0 Å². The molecule has 1 fully saturated rings. The summed E-state index contributed by atoms with van der Waals surface area (Å²) >= 11 is 0. The molecule has 0 aliphatic carbocycles. The Labute approximate surface area is 122 Å². The zero-order valence-electron chi connectivity index (χ0n) is 13.1. The Morgan fingerprint density at radius 1 is 1.25 bits per heavy atom. The van der Waals surface area contributed by atoms with Crippen LogP contribution in [0.4, 0.5) is 0 Å². The number of nitrogens with one attached hydrogen (secondary N) is 1. The monoisotopic (exact) mass is 277 g/mol.